The zero-order valence-electron chi connectivity index (χ0n) is 14.5. The summed E-state index contributed by atoms with van der Waals surface area (Å²) in [5, 5.41) is 17.5. The molecule has 3 heterocycles. The van der Waals surface area contributed by atoms with Crippen LogP contribution in [0.2, 0.25) is 0 Å². The van der Waals surface area contributed by atoms with Crippen molar-refractivity contribution in [3.8, 4) is 0 Å². The van der Waals surface area contributed by atoms with E-state index in [0.29, 0.717) is 25.6 Å². The predicted octanol–water partition coefficient (Wildman–Crippen LogP) is 1.58. The quantitative estimate of drug-likeness (QED) is 0.561. The Morgan fingerprint density at radius 2 is 2.04 bits per heavy atom. The van der Waals surface area contributed by atoms with Gasteiger partial charge in [-0.25, -0.2) is 15.0 Å². The Labute approximate surface area is 150 Å². The fourth-order valence-electron chi connectivity index (χ4n) is 2.66. The van der Waals surface area contributed by atoms with Crippen LogP contribution in [0, 0.1) is 17.0 Å². The van der Waals surface area contributed by atoms with Gasteiger partial charge in [-0.05, 0) is 19.1 Å². The molecule has 1 fully saturated rings. The second-order valence-corrected chi connectivity index (χ2v) is 5.85. The molecule has 0 radical (unpaired) electrons. The first-order valence-corrected chi connectivity index (χ1v) is 8.37. The molecule has 0 aliphatic carbocycles. The molecule has 26 heavy (non-hydrogen) atoms. The van der Waals surface area contributed by atoms with Gasteiger partial charge in [-0.3, -0.25) is 15.0 Å². The molecular weight excluding hydrogens is 338 g/mol. The van der Waals surface area contributed by atoms with Gasteiger partial charge in [0.25, 0.3) is 0 Å². The normalized spacial score (nSPS) is 14.8. The fraction of sp³-hybridized carbons (Fsp3) is 0.438. The van der Waals surface area contributed by atoms with Crippen molar-refractivity contribution >= 4 is 23.1 Å². The SMILES string of the molecule is Cc1cccc(Nc2ncnc(NCCN3CCOCC3)c2[N+](=O)[O-])n1. The molecule has 0 spiro atoms. The highest BCUT2D eigenvalue weighted by Gasteiger charge is 2.23. The van der Waals surface area contributed by atoms with Gasteiger partial charge < -0.3 is 15.4 Å². The first-order chi connectivity index (χ1) is 12.6. The van der Waals surface area contributed by atoms with Gasteiger partial charge in [-0.15, -0.1) is 0 Å². The maximum atomic E-state index is 11.6. The summed E-state index contributed by atoms with van der Waals surface area (Å²) in [4.78, 5) is 25.6. The van der Waals surface area contributed by atoms with E-state index in [9.17, 15) is 10.1 Å². The number of morpholine rings is 1. The molecule has 3 rings (SSSR count). The largest absolute Gasteiger partial charge is 0.379 e. The molecule has 138 valence electrons. The lowest BCUT2D eigenvalue weighted by Gasteiger charge is -2.26. The molecule has 1 aliphatic heterocycles. The number of ether oxygens (including phenoxy) is 1. The first kappa shape index (κ1) is 18.0. The zero-order valence-corrected chi connectivity index (χ0v) is 14.5. The summed E-state index contributed by atoms with van der Waals surface area (Å²) >= 11 is 0. The molecule has 0 saturated carbocycles. The molecule has 1 saturated heterocycles. The maximum absolute atomic E-state index is 11.6. The van der Waals surface area contributed by atoms with E-state index in [1.165, 1.54) is 6.33 Å². The summed E-state index contributed by atoms with van der Waals surface area (Å²) in [6.07, 6.45) is 1.29. The van der Waals surface area contributed by atoms with Crippen molar-refractivity contribution in [1.82, 2.24) is 19.9 Å². The number of hydrogen-bond acceptors (Lipinski definition) is 9. The summed E-state index contributed by atoms with van der Waals surface area (Å²) < 4.78 is 5.31. The van der Waals surface area contributed by atoms with Crippen LogP contribution < -0.4 is 10.6 Å². The second kappa shape index (κ2) is 8.50. The maximum Gasteiger partial charge on any atom is 0.353 e. The zero-order chi connectivity index (χ0) is 18.4. The molecule has 2 aromatic heterocycles. The highest BCUT2D eigenvalue weighted by atomic mass is 16.6. The Bertz CT molecular complexity index is 765. The summed E-state index contributed by atoms with van der Waals surface area (Å²) in [6.45, 7) is 6.29. The van der Waals surface area contributed by atoms with Crippen LogP contribution in [0.3, 0.4) is 0 Å². The van der Waals surface area contributed by atoms with Crippen molar-refractivity contribution in [3.05, 3.63) is 40.3 Å². The number of nitrogens with zero attached hydrogens (tertiary/aromatic N) is 5. The molecule has 10 heteroatoms. The topological polar surface area (TPSA) is 118 Å². The van der Waals surface area contributed by atoms with Gasteiger partial charge in [0.05, 0.1) is 18.1 Å². The molecule has 0 aromatic carbocycles. The number of aryl methyl sites for hydroxylation is 1. The van der Waals surface area contributed by atoms with Crippen molar-refractivity contribution in [2.24, 2.45) is 0 Å². The average Bonchev–Trinajstić information content (AvgIpc) is 2.62. The molecular formula is C16H21N7O3. The lowest BCUT2D eigenvalue weighted by molar-refractivity contribution is -0.383. The van der Waals surface area contributed by atoms with E-state index in [1.807, 2.05) is 19.1 Å². The van der Waals surface area contributed by atoms with Gasteiger partial charge in [0.2, 0.25) is 11.6 Å². The summed E-state index contributed by atoms with van der Waals surface area (Å²) in [6, 6.07) is 5.39. The minimum Gasteiger partial charge on any atom is -0.379 e. The van der Waals surface area contributed by atoms with Crippen LogP contribution in [0.25, 0.3) is 0 Å². The minimum atomic E-state index is -0.491. The highest BCUT2D eigenvalue weighted by Crippen LogP contribution is 2.30. The number of pyridine rings is 1. The number of anilines is 3. The van der Waals surface area contributed by atoms with Crippen molar-refractivity contribution < 1.29 is 9.66 Å². The van der Waals surface area contributed by atoms with Crippen molar-refractivity contribution in [2.45, 2.75) is 6.92 Å². The van der Waals surface area contributed by atoms with E-state index >= 15 is 0 Å². The van der Waals surface area contributed by atoms with Crippen LogP contribution in [0.5, 0.6) is 0 Å². The smallest absolute Gasteiger partial charge is 0.353 e. The van der Waals surface area contributed by atoms with Crippen LogP contribution in [0.4, 0.5) is 23.1 Å². The third-order valence-corrected chi connectivity index (χ3v) is 3.96. The van der Waals surface area contributed by atoms with Gasteiger partial charge in [0.15, 0.2) is 0 Å². The van der Waals surface area contributed by atoms with Crippen LogP contribution in [0.1, 0.15) is 5.69 Å². The van der Waals surface area contributed by atoms with E-state index in [4.69, 9.17) is 4.74 Å². The average molecular weight is 359 g/mol. The number of hydrogen-bond donors (Lipinski definition) is 2. The van der Waals surface area contributed by atoms with Crippen LogP contribution >= 0.6 is 0 Å². The highest BCUT2D eigenvalue weighted by molar-refractivity contribution is 5.72. The summed E-state index contributed by atoms with van der Waals surface area (Å²) in [5.74, 6) is 0.788. The molecule has 0 atom stereocenters. The number of nitrogens with one attached hydrogen (secondary N) is 2. The predicted molar refractivity (Wildman–Crippen MR) is 96.7 cm³/mol. The van der Waals surface area contributed by atoms with Crippen LogP contribution in [-0.4, -0.2) is 64.2 Å². The second-order valence-electron chi connectivity index (χ2n) is 5.85. The van der Waals surface area contributed by atoms with Gasteiger partial charge in [-0.1, -0.05) is 6.07 Å². The Kier molecular flexibility index (Phi) is 5.87. The molecule has 10 nitrogen and oxygen atoms in total. The molecule has 1 aliphatic rings. The number of rotatable bonds is 7. The van der Waals surface area contributed by atoms with Crippen molar-refractivity contribution in [1.29, 1.82) is 0 Å². The van der Waals surface area contributed by atoms with Gasteiger partial charge in [0.1, 0.15) is 12.1 Å². The number of nitro groups is 1. The van der Waals surface area contributed by atoms with Gasteiger partial charge in [0, 0.05) is 31.9 Å². The van der Waals surface area contributed by atoms with E-state index in [0.717, 1.165) is 25.3 Å². The molecule has 2 N–H and O–H groups in total. The number of aromatic nitrogens is 3. The summed E-state index contributed by atoms with van der Waals surface area (Å²) in [5.41, 5.74) is 0.605. The standard InChI is InChI=1S/C16H21N7O3/c1-12-3-2-4-13(20-12)21-16-14(23(24)25)15(18-11-19-16)17-5-6-22-7-9-26-10-8-22/h2-4,11H,5-10H2,1H3,(H2,17,18,19,20,21). The Morgan fingerprint density at radius 3 is 2.77 bits per heavy atom. The third kappa shape index (κ3) is 4.61. The lowest BCUT2D eigenvalue weighted by Crippen LogP contribution is -2.39. The molecule has 2 aromatic rings. The van der Waals surface area contributed by atoms with E-state index in [2.05, 4.69) is 30.5 Å². The summed E-state index contributed by atoms with van der Waals surface area (Å²) in [7, 11) is 0. The van der Waals surface area contributed by atoms with E-state index < -0.39 is 4.92 Å². The molecule has 0 unspecified atom stereocenters. The molecule has 0 bridgehead atoms. The van der Waals surface area contributed by atoms with Gasteiger partial charge >= 0.3 is 5.69 Å². The van der Waals surface area contributed by atoms with E-state index in [-0.39, 0.29) is 17.3 Å². The van der Waals surface area contributed by atoms with Crippen LogP contribution in [0.15, 0.2) is 24.5 Å². The fourth-order valence-corrected chi connectivity index (χ4v) is 2.66. The molecule has 0 amide bonds. The monoisotopic (exact) mass is 359 g/mol. The Morgan fingerprint density at radius 1 is 1.27 bits per heavy atom. The minimum absolute atomic E-state index is 0.108. The third-order valence-electron chi connectivity index (χ3n) is 3.96. The van der Waals surface area contributed by atoms with Gasteiger partial charge in [-0.2, -0.15) is 0 Å². The Balaban J connectivity index is 1.72. The van der Waals surface area contributed by atoms with Crippen LogP contribution in [-0.2, 0) is 4.74 Å². The van der Waals surface area contributed by atoms with E-state index in [1.54, 1.807) is 6.07 Å². The van der Waals surface area contributed by atoms with Crippen molar-refractivity contribution in [2.75, 3.05) is 50.0 Å². The first-order valence-electron chi connectivity index (χ1n) is 8.37. The van der Waals surface area contributed by atoms with Crippen molar-refractivity contribution in [3.63, 3.8) is 0 Å². The lowest BCUT2D eigenvalue weighted by atomic mass is 10.3. The Hall–Kier alpha value is -2.85.